The third-order valence-corrected chi connectivity index (χ3v) is 11.6. The fourth-order valence-corrected chi connectivity index (χ4v) is 8.92. The van der Waals surface area contributed by atoms with Crippen LogP contribution in [0.4, 0.5) is 0 Å². The molecule has 0 bridgehead atoms. The number of rotatable bonds is 5. The maximum Gasteiger partial charge on any atom is 0.143 e. The zero-order chi connectivity index (χ0) is 37.5. The molecule has 0 aliphatic rings. The third kappa shape index (κ3) is 4.99. The van der Waals surface area contributed by atoms with Crippen molar-refractivity contribution in [2.45, 2.75) is 0 Å². The van der Waals surface area contributed by atoms with Crippen LogP contribution >= 0.6 is 0 Å². The first-order valence-electron chi connectivity index (χ1n) is 19.4. The van der Waals surface area contributed by atoms with E-state index < -0.39 is 0 Å². The van der Waals surface area contributed by atoms with E-state index in [-0.39, 0.29) is 0 Å². The molecule has 0 aliphatic heterocycles. The maximum atomic E-state index is 6.44. The molecule has 3 heteroatoms. The number of benzene rings is 9. The Labute approximate surface area is 328 Å². The summed E-state index contributed by atoms with van der Waals surface area (Å²) in [4.78, 5) is 0. The van der Waals surface area contributed by atoms with E-state index in [1.54, 1.807) is 0 Å². The molecule has 3 heterocycles. The molecule has 266 valence electrons. The summed E-state index contributed by atoms with van der Waals surface area (Å²) in [7, 11) is 0. The van der Waals surface area contributed by atoms with Crippen LogP contribution in [0.1, 0.15) is 0 Å². The summed E-state index contributed by atoms with van der Waals surface area (Å²) in [6, 6.07) is 71.5. The Balaban J connectivity index is 1.01. The second kappa shape index (κ2) is 12.5. The summed E-state index contributed by atoms with van der Waals surface area (Å²) >= 11 is 0. The SMILES string of the molecule is c1ccc(-n2c3ccc(-c4cccc(-c5cccc6c5oc5ccccc56)c4)cc3c3cc(-c4cccc(-c5cccc6c5oc5ccccc56)c4)ccc32)cc1. The molecule has 0 aliphatic carbocycles. The fraction of sp³-hybridized carbons (Fsp3) is 0. The molecule has 0 fully saturated rings. The molecule has 3 aromatic heterocycles. The van der Waals surface area contributed by atoms with Crippen LogP contribution in [-0.2, 0) is 0 Å². The van der Waals surface area contributed by atoms with E-state index in [0.29, 0.717) is 0 Å². The summed E-state index contributed by atoms with van der Waals surface area (Å²) < 4.78 is 15.3. The van der Waals surface area contributed by atoms with Crippen molar-refractivity contribution in [3.63, 3.8) is 0 Å². The summed E-state index contributed by atoms with van der Waals surface area (Å²) in [5.74, 6) is 0. The average Bonchev–Trinajstić information content (AvgIpc) is 3.96. The Morgan fingerprint density at radius 3 is 1.23 bits per heavy atom. The van der Waals surface area contributed by atoms with Gasteiger partial charge < -0.3 is 13.4 Å². The number of hydrogen-bond donors (Lipinski definition) is 0. The van der Waals surface area contributed by atoms with E-state index in [0.717, 1.165) is 82.9 Å². The van der Waals surface area contributed by atoms with Crippen molar-refractivity contribution >= 4 is 65.7 Å². The predicted octanol–water partition coefficient (Wildman–Crippen LogP) is 15.3. The minimum atomic E-state index is 0.908. The van der Waals surface area contributed by atoms with Gasteiger partial charge in [-0.25, -0.2) is 0 Å². The highest BCUT2D eigenvalue weighted by molar-refractivity contribution is 6.13. The Morgan fingerprint density at radius 2 is 0.702 bits per heavy atom. The van der Waals surface area contributed by atoms with E-state index in [2.05, 4.69) is 180 Å². The standard InChI is InChI=1S/C54H33NO2/c1-2-16-40(17-3-1)55-49-28-26-36(34-12-8-14-38(30-34)41-20-10-22-45-43-18-4-6-24-51(43)56-53(41)45)32-47(49)48-33-37(27-29-50(48)55)35-13-9-15-39(31-35)42-21-11-23-46-44-19-5-7-25-52(44)57-54(42)46/h1-33H. The van der Waals surface area contributed by atoms with E-state index in [1.807, 2.05) is 24.3 Å². The highest BCUT2D eigenvalue weighted by atomic mass is 16.3. The molecular formula is C54H33NO2. The largest absolute Gasteiger partial charge is 0.455 e. The van der Waals surface area contributed by atoms with Crippen LogP contribution in [0.5, 0.6) is 0 Å². The second-order valence-electron chi connectivity index (χ2n) is 14.9. The number of furan rings is 2. The van der Waals surface area contributed by atoms with Crippen molar-refractivity contribution in [1.82, 2.24) is 4.57 Å². The lowest BCUT2D eigenvalue weighted by molar-refractivity contribution is 0.669. The molecule has 57 heavy (non-hydrogen) atoms. The van der Waals surface area contributed by atoms with E-state index in [9.17, 15) is 0 Å². The molecule has 0 N–H and O–H groups in total. The van der Waals surface area contributed by atoms with Gasteiger partial charge in [-0.15, -0.1) is 0 Å². The molecule has 0 saturated heterocycles. The second-order valence-corrected chi connectivity index (χ2v) is 14.9. The predicted molar refractivity (Wildman–Crippen MR) is 237 cm³/mol. The molecule has 9 aromatic carbocycles. The summed E-state index contributed by atoms with van der Waals surface area (Å²) in [5, 5.41) is 6.97. The zero-order valence-corrected chi connectivity index (χ0v) is 30.8. The molecule has 3 nitrogen and oxygen atoms in total. The summed E-state index contributed by atoms with van der Waals surface area (Å²) in [5.41, 5.74) is 16.2. The van der Waals surface area contributed by atoms with Crippen molar-refractivity contribution in [3.8, 4) is 50.2 Å². The smallest absolute Gasteiger partial charge is 0.143 e. The number of nitrogens with zero attached hydrogens (tertiary/aromatic N) is 1. The topological polar surface area (TPSA) is 31.2 Å². The van der Waals surface area contributed by atoms with E-state index in [1.165, 1.54) is 32.9 Å². The van der Waals surface area contributed by atoms with Crippen molar-refractivity contribution in [2.24, 2.45) is 0 Å². The first-order chi connectivity index (χ1) is 28.2. The van der Waals surface area contributed by atoms with Gasteiger partial charge >= 0.3 is 0 Å². The first kappa shape index (κ1) is 31.7. The Morgan fingerprint density at radius 1 is 0.281 bits per heavy atom. The Kier molecular flexibility index (Phi) is 6.93. The Bertz CT molecular complexity index is 3310. The first-order valence-corrected chi connectivity index (χ1v) is 19.4. The van der Waals surface area contributed by atoms with Crippen LogP contribution in [0, 0.1) is 0 Å². The van der Waals surface area contributed by atoms with Crippen LogP contribution in [-0.4, -0.2) is 4.57 Å². The summed E-state index contributed by atoms with van der Waals surface area (Å²) in [6.45, 7) is 0. The van der Waals surface area contributed by atoms with Gasteiger partial charge in [-0.05, 0) is 94.0 Å². The normalized spacial score (nSPS) is 11.9. The van der Waals surface area contributed by atoms with Gasteiger partial charge in [0.05, 0.1) is 11.0 Å². The number of para-hydroxylation sites is 5. The van der Waals surface area contributed by atoms with Gasteiger partial charge in [0.1, 0.15) is 22.3 Å². The highest BCUT2D eigenvalue weighted by Gasteiger charge is 2.17. The van der Waals surface area contributed by atoms with Crippen LogP contribution in [0.15, 0.2) is 209 Å². The molecular weight excluding hydrogens is 695 g/mol. The van der Waals surface area contributed by atoms with E-state index in [4.69, 9.17) is 8.83 Å². The molecule has 0 atom stereocenters. The van der Waals surface area contributed by atoms with Gasteiger partial charge in [0, 0.05) is 49.1 Å². The van der Waals surface area contributed by atoms with Crippen LogP contribution in [0.3, 0.4) is 0 Å². The van der Waals surface area contributed by atoms with Crippen molar-refractivity contribution in [2.75, 3.05) is 0 Å². The van der Waals surface area contributed by atoms with Gasteiger partial charge in [-0.1, -0.05) is 140 Å². The molecule has 0 spiro atoms. The summed E-state index contributed by atoms with van der Waals surface area (Å²) in [6.07, 6.45) is 0. The van der Waals surface area contributed by atoms with Gasteiger partial charge in [-0.2, -0.15) is 0 Å². The fourth-order valence-electron chi connectivity index (χ4n) is 8.92. The Hall–Kier alpha value is -7.62. The number of aromatic nitrogens is 1. The monoisotopic (exact) mass is 727 g/mol. The molecule has 12 aromatic rings. The lowest BCUT2D eigenvalue weighted by Gasteiger charge is -2.09. The lowest BCUT2D eigenvalue weighted by atomic mass is 9.95. The van der Waals surface area contributed by atoms with Crippen molar-refractivity contribution < 1.29 is 8.83 Å². The minimum Gasteiger partial charge on any atom is -0.455 e. The molecule has 0 radical (unpaired) electrons. The quantitative estimate of drug-likeness (QED) is 0.177. The van der Waals surface area contributed by atoms with Gasteiger partial charge in [0.15, 0.2) is 0 Å². The molecule has 0 saturated carbocycles. The van der Waals surface area contributed by atoms with Gasteiger partial charge in [-0.3, -0.25) is 0 Å². The highest BCUT2D eigenvalue weighted by Crippen LogP contribution is 2.41. The van der Waals surface area contributed by atoms with Crippen LogP contribution in [0.25, 0.3) is 116 Å². The minimum absolute atomic E-state index is 0.908. The van der Waals surface area contributed by atoms with E-state index >= 15 is 0 Å². The van der Waals surface area contributed by atoms with Crippen molar-refractivity contribution in [3.05, 3.63) is 200 Å². The molecule has 12 rings (SSSR count). The van der Waals surface area contributed by atoms with Crippen molar-refractivity contribution in [1.29, 1.82) is 0 Å². The van der Waals surface area contributed by atoms with Crippen LogP contribution < -0.4 is 0 Å². The third-order valence-electron chi connectivity index (χ3n) is 11.6. The average molecular weight is 728 g/mol. The number of hydrogen-bond acceptors (Lipinski definition) is 2. The zero-order valence-electron chi connectivity index (χ0n) is 30.8. The molecule has 0 unspecified atom stereocenters. The number of fused-ring (bicyclic) bond motifs is 9. The van der Waals surface area contributed by atoms with Gasteiger partial charge in [0.25, 0.3) is 0 Å². The maximum absolute atomic E-state index is 6.44. The molecule has 0 amide bonds. The lowest BCUT2D eigenvalue weighted by Crippen LogP contribution is -1.93. The van der Waals surface area contributed by atoms with Gasteiger partial charge in [0.2, 0.25) is 0 Å². The van der Waals surface area contributed by atoms with Crippen LogP contribution in [0.2, 0.25) is 0 Å².